The molecule has 2 aliphatic heterocycles. The lowest BCUT2D eigenvalue weighted by Crippen LogP contribution is -2.46. The summed E-state index contributed by atoms with van der Waals surface area (Å²) in [6, 6.07) is 6.36. The largest absolute Gasteiger partial charge is 0.480 e. The molecule has 144 valence electrons. The van der Waals surface area contributed by atoms with E-state index in [1.165, 1.54) is 6.20 Å². The SMILES string of the molecule is NC1CCN(C2C(F)=Cc3c4n(cc(C(=O)O)c3=O)-c3ccccc3OC42)C1. The van der Waals surface area contributed by atoms with Crippen molar-refractivity contribution >= 4 is 12.0 Å². The Kier molecular flexibility index (Phi) is 3.68. The molecule has 28 heavy (non-hydrogen) atoms. The van der Waals surface area contributed by atoms with Crippen LogP contribution in [0.25, 0.3) is 11.8 Å². The summed E-state index contributed by atoms with van der Waals surface area (Å²) in [5.74, 6) is -1.36. The fraction of sp³-hybridized carbons (Fsp3) is 0.300. The molecule has 3 aliphatic rings. The molecule has 8 heteroatoms. The minimum atomic E-state index is -1.35. The monoisotopic (exact) mass is 383 g/mol. The highest BCUT2D eigenvalue weighted by molar-refractivity contribution is 5.88. The number of benzene rings is 1. The molecule has 1 fully saturated rings. The van der Waals surface area contributed by atoms with Crippen LogP contribution in [0.2, 0.25) is 0 Å². The summed E-state index contributed by atoms with van der Waals surface area (Å²) >= 11 is 0. The topological polar surface area (TPSA) is 97.8 Å². The third-order valence-corrected chi connectivity index (χ3v) is 5.66. The third-order valence-electron chi connectivity index (χ3n) is 5.66. The van der Waals surface area contributed by atoms with Crippen molar-refractivity contribution in [2.75, 3.05) is 13.1 Å². The first-order chi connectivity index (χ1) is 13.5. The van der Waals surface area contributed by atoms with Gasteiger partial charge < -0.3 is 20.1 Å². The first kappa shape index (κ1) is 17.2. The van der Waals surface area contributed by atoms with Crippen molar-refractivity contribution in [3.05, 3.63) is 63.3 Å². The first-order valence-electron chi connectivity index (χ1n) is 9.11. The van der Waals surface area contributed by atoms with Crippen LogP contribution in [0.3, 0.4) is 0 Å². The first-order valence-corrected chi connectivity index (χ1v) is 9.11. The predicted molar refractivity (Wildman–Crippen MR) is 99.4 cm³/mol. The van der Waals surface area contributed by atoms with Gasteiger partial charge in [0.05, 0.1) is 11.4 Å². The van der Waals surface area contributed by atoms with Gasteiger partial charge in [0.25, 0.3) is 0 Å². The number of hydrogen-bond donors (Lipinski definition) is 2. The number of fused-ring (bicyclic) bond motifs is 2. The highest BCUT2D eigenvalue weighted by Gasteiger charge is 2.45. The van der Waals surface area contributed by atoms with E-state index < -0.39 is 34.9 Å². The van der Waals surface area contributed by atoms with E-state index in [9.17, 15) is 14.7 Å². The maximum atomic E-state index is 15.2. The number of pyridine rings is 1. The summed E-state index contributed by atoms with van der Waals surface area (Å²) in [6.45, 7) is 1.15. The lowest BCUT2D eigenvalue weighted by Gasteiger charge is -2.41. The van der Waals surface area contributed by atoms with E-state index in [1.807, 2.05) is 4.90 Å². The van der Waals surface area contributed by atoms with Crippen LogP contribution in [0.15, 0.2) is 41.1 Å². The normalized spacial score (nSPS) is 25.5. The zero-order valence-corrected chi connectivity index (χ0v) is 14.8. The lowest BCUT2D eigenvalue weighted by atomic mass is 9.90. The molecule has 1 saturated heterocycles. The Bertz CT molecular complexity index is 1090. The number of carbonyl (C=O) groups is 1. The average molecular weight is 383 g/mol. The number of nitrogens with zero attached hydrogens (tertiary/aromatic N) is 2. The van der Waals surface area contributed by atoms with Crippen LogP contribution in [0, 0.1) is 0 Å². The van der Waals surface area contributed by atoms with Crippen LogP contribution in [0.1, 0.15) is 34.1 Å². The van der Waals surface area contributed by atoms with Gasteiger partial charge in [-0.25, -0.2) is 9.18 Å². The number of carboxylic acids is 1. The Morgan fingerprint density at radius 3 is 2.82 bits per heavy atom. The fourth-order valence-corrected chi connectivity index (χ4v) is 4.39. The molecule has 0 bridgehead atoms. The minimum absolute atomic E-state index is 0.0247. The molecule has 0 amide bonds. The smallest absolute Gasteiger partial charge is 0.341 e. The molecule has 2 aromatic rings. The molecule has 1 aromatic heterocycles. The van der Waals surface area contributed by atoms with Gasteiger partial charge >= 0.3 is 5.97 Å². The van der Waals surface area contributed by atoms with E-state index in [0.29, 0.717) is 30.2 Å². The van der Waals surface area contributed by atoms with Crippen LogP contribution < -0.4 is 15.9 Å². The van der Waals surface area contributed by atoms with E-state index >= 15 is 4.39 Å². The predicted octanol–water partition coefficient (Wildman–Crippen LogP) is 1.69. The maximum Gasteiger partial charge on any atom is 0.341 e. The number of carboxylic acid groups (broad SMARTS) is 1. The molecule has 7 nitrogen and oxygen atoms in total. The standard InChI is InChI=1S/C20H18FN3O4/c21-13-7-11-16-19(17(13)23-6-5-10(22)8-23)28-15-4-2-1-3-14(15)24(16)9-12(18(11)25)20(26)27/h1-4,7,9-10,17,19H,5-6,8,22H2,(H,26,27). The summed E-state index contributed by atoms with van der Waals surface area (Å²) in [5, 5.41) is 9.46. The molecule has 3 unspecified atom stereocenters. The van der Waals surface area contributed by atoms with E-state index in [0.717, 1.165) is 12.5 Å². The zero-order chi connectivity index (χ0) is 19.6. The maximum absolute atomic E-state index is 15.2. The van der Waals surface area contributed by atoms with Crippen LogP contribution in [0.5, 0.6) is 5.75 Å². The fourth-order valence-electron chi connectivity index (χ4n) is 4.39. The molecule has 0 radical (unpaired) electrons. The van der Waals surface area contributed by atoms with Gasteiger partial charge in [-0.1, -0.05) is 12.1 Å². The number of para-hydroxylation sites is 2. The quantitative estimate of drug-likeness (QED) is 0.819. The van der Waals surface area contributed by atoms with Crippen molar-refractivity contribution in [3.8, 4) is 11.4 Å². The summed E-state index contributed by atoms with van der Waals surface area (Å²) in [5.41, 5.74) is 6.01. The van der Waals surface area contributed by atoms with Gasteiger partial charge in [-0.05, 0) is 24.6 Å². The van der Waals surface area contributed by atoms with Gasteiger partial charge in [-0.3, -0.25) is 9.69 Å². The average Bonchev–Trinajstić information content (AvgIpc) is 3.09. The number of rotatable bonds is 2. The van der Waals surface area contributed by atoms with Crippen LogP contribution in [-0.4, -0.2) is 45.7 Å². The molecule has 1 aliphatic carbocycles. The number of halogens is 1. The highest BCUT2D eigenvalue weighted by Crippen LogP contribution is 2.44. The van der Waals surface area contributed by atoms with Crippen molar-refractivity contribution in [1.29, 1.82) is 0 Å². The van der Waals surface area contributed by atoms with Crippen molar-refractivity contribution in [2.45, 2.75) is 24.6 Å². The van der Waals surface area contributed by atoms with Crippen molar-refractivity contribution < 1.29 is 19.0 Å². The number of ether oxygens (including phenoxy) is 1. The number of likely N-dealkylation sites (tertiary alicyclic amines) is 1. The Morgan fingerprint density at radius 1 is 1.32 bits per heavy atom. The van der Waals surface area contributed by atoms with Gasteiger partial charge in [0.1, 0.15) is 23.2 Å². The summed E-state index contributed by atoms with van der Waals surface area (Å²) in [6.07, 6.45) is 2.45. The molecule has 5 rings (SSSR count). The van der Waals surface area contributed by atoms with Gasteiger partial charge in [0.15, 0.2) is 6.10 Å². The van der Waals surface area contributed by atoms with Crippen LogP contribution >= 0.6 is 0 Å². The second kappa shape index (κ2) is 6.02. The van der Waals surface area contributed by atoms with Gasteiger partial charge in [0, 0.05) is 30.9 Å². The molecule has 1 aromatic carbocycles. The molecule has 0 spiro atoms. The lowest BCUT2D eigenvalue weighted by molar-refractivity contribution is 0.0684. The van der Waals surface area contributed by atoms with Crippen molar-refractivity contribution in [1.82, 2.24) is 9.47 Å². The van der Waals surface area contributed by atoms with Gasteiger partial charge in [-0.15, -0.1) is 0 Å². The zero-order valence-electron chi connectivity index (χ0n) is 14.8. The molecular weight excluding hydrogens is 365 g/mol. The summed E-state index contributed by atoms with van der Waals surface area (Å²) < 4.78 is 23.0. The third kappa shape index (κ3) is 2.35. The van der Waals surface area contributed by atoms with E-state index in [2.05, 4.69) is 0 Å². The van der Waals surface area contributed by atoms with Crippen molar-refractivity contribution in [2.24, 2.45) is 5.73 Å². The van der Waals surface area contributed by atoms with Crippen LogP contribution in [0.4, 0.5) is 4.39 Å². The second-order valence-electron chi connectivity index (χ2n) is 7.37. The van der Waals surface area contributed by atoms with Gasteiger partial charge in [-0.2, -0.15) is 0 Å². The van der Waals surface area contributed by atoms with Crippen LogP contribution in [-0.2, 0) is 0 Å². The minimum Gasteiger partial charge on any atom is -0.480 e. The van der Waals surface area contributed by atoms with E-state index in [1.54, 1.807) is 28.8 Å². The molecule has 0 saturated carbocycles. The number of aromatic nitrogens is 1. The second-order valence-corrected chi connectivity index (χ2v) is 7.37. The van der Waals surface area contributed by atoms with Crippen molar-refractivity contribution in [3.63, 3.8) is 0 Å². The number of hydrogen-bond acceptors (Lipinski definition) is 5. The molecular formula is C20H18FN3O4. The van der Waals surface area contributed by atoms with E-state index in [-0.39, 0.29) is 11.6 Å². The Labute approximate surface area is 159 Å². The molecule has 3 N–H and O–H groups in total. The Balaban J connectivity index is 1.78. The van der Waals surface area contributed by atoms with Gasteiger partial charge in [0.2, 0.25) is 5.43 Å². The summed E-state index contributed by atoms with van der Waals surface area (Å²) in [4.78, 5) is 26.3. The highest BCUT2D eigenvalue weighted by atomic mass is 19.1. The number of aromatic carboxylic acids is 1. The Hall–Kier alpha value is -2.97. The molecule has 3 atom stereocenters. The molecule has 3 heterocycles. The van der Waals surface area contributed by atoms with E-state index in [4.69, 9.17) is 10.5 Å². The number of nitrogens with two attached hydrogens (primary N) is 1. The summed E-state index contributed by atoms with van der Waals surface area (Å²) in [7, 11) is 0. The Morgan fingerprint density at radius 2 is 2.11 bits per heavy atom.